The highest BCUT2D eigenvalue weighted by Gasteiger charge is 2.34. The third kappa shape index (κ3) is 3.25. The third-order valence-electron chi connectivity index (χ3n) is 3.50. The molecule has 20 heavy (non-hydrogen) atoms. The Labute approximate surface area is 119 Å². The quantitative estimate of drug-likeness (QED) is 0.541. The van der Waals surface area contributed by atoms with Crippen molar-refractivity contribution in [2.75, 3.05) is 19.8 Å². The van der Waals surface area contributed by atoms with Crippen molar-refractivity contribution in [2.45, 2.75) is 32.6 Å². The van der Waals surface area contributed by atoms with Gasteiger partial charge in [-0.3, -0.25) is 14.5 Å². The van der Waals surface area contributed by atoms with Crippen molar-refractivity contribution in [1.82, 2.24) is 4.90 Å². The van der Waals surface area contributed by atoms with Gasteiger partial charge in [-0.1, -0.05) is 25.0 Å². The summed E-state index contributed by atoms with van der Waals surface area (Å²) in [4.78, 5) is 25.6. The summed E-state index contributed by atoms with van der Waals surface area (Å²) in [6.45, 7) is 4.06. The number of amides is 2. The molecule has 108 valence electrons. The molecule has 4 heteroatoms. The number of carbonyl (C=O) groups excluding carboxylic acids is 2. The van der Waals surface area contributed by atoms with Crippen LogP contribution in [0.3, 0.4) is 0 Å². The topological polar surface area (TPSA) is 46.6 Å². The van der Waals surface area contributed by atoms with Gasteiger partial charge in [0.2, 0.25) is 0 Å². The van der Waals surface area contributed by atoms with Gasteiger partial charge >= 0.3 is 0 Å². The fourth-order valence-corrected chi connectivity index (χ4v) is 2.41. The first-order chi connectivity index (χ1) is 9.75. The van der Waals surface area contributed by atoms with E-state index in [1.54, 1.807) is 24.3 Å². The molecule has 0 N–H and O–H groups in total. The van der Waals surface area contributed by atoms with E-state index >= 15 is 0 Å². The number of carbonyl (C=O) groups is 2. The number of rotatable bonds is 8. The zero-order valence-electron chi connectivity index (χ0n) is 11.9. The lowest BCUT2D eigenvalue weighted by molar-refractivity contribution is 0.0650. The van der Waals surface area contributed by atoms with Gasteiger partial charge in [-0.25, -0.2) is 0 Å². The maximum atomic E-state index is 12.1. The maximum absolute atomic E-state index is 12.1. The minimum Gasteiger partial charge on any atom is -0.382 e. The normalized spacial score (nSPS) is 13.9. The van der Waals surface area contributed by atoms with Crippen molar-refractivity contribution in [3.05, 3.63) is 35.4 Å². The smallest absolute Gasteiger partial charge is 0.261 e. The van der Waals surface area contributed by atoms with E-state index in [2.05, 4.69) is 0 Å². The van der Waals surface area contributed by atoms with E-state index in [-0.39, 0.29) is 11.8 Å². The highest BCUT2D eigenvalue weighted by atomic mass is 16.5. The predicted octanol–water partition coefficient (Wildman–Crippen LogP) is 2.88. The lowest BCUT2D eigenvalue weighted by Gasteiger charge is -2.13. The molecule has 0 fully saturated rings. The van der Waals surface area contributed by atoms with Gasteiger partial charge in [0.1, 0.15) is 0 Å². The molecule has 0 spiro atoms. The van der Waals surface area contributed by atoms with Crippen LogP contribution in [0.5, 0.6) is 0 Å². The minimum absolute atomic E-state index is 0.153. The highest BCUT2D eigenvalue weighted by Crippen LogP contribution is 2.22. The molecule has 0 aromatic heterocycles. The van der Waals surface area contributed by atoms with Crippen molar-refractivity contribution < 1.29 is 14.3 Å². The van der Waals surface area contributed by atoms with Crippen LogP contribution in [-0.4, -0.2) is 36.5 Å². The number of fused-ring (bicyclic) bond motifs is 1. The number of hydrogen-bond acceptors (Lipinski definition) is 3. The van der Waals surface area contributed by atoms with Crippen molar-refractivity contribution in [2.24, 2.45) is 0 Å². The van der Waals surface area contributed by atoms with Crippen molar-refractivity contribution in [3.8, 4) is 0 Å². The zero-order valence-corrected chi connectivity index (χ0v) is 11.9. The molecule has 2 rings (SSSR count). The van der Waals surface area contributed by atoms with E-state index in [0.29, 0.717) is 17.7 Å². The van der Waals surface area contributed by atoms with Crippen LogP contribution in [0.15, 0.2) is 24.3 Å². The van der Waals surface area contributed by atoms with Crippen LogP contribution in [0.25, 0.3) is 0 Å². The van der Waals surface area contributed by atoms with Gasteiger partial charge in [-0.2, -0.15) is 0 Å². The summed E-state index contributed by atoms with van der Waals surface area (Å²) in [6.07, 6.45) is 3.98. The van der Waals surface area contributed by atoms with E-state index in [1.807, 2.05) is 6.92 Å². The van der Waals surface area contributed by atoms with Crippen LogP contribution in [-0.2, 0) is 4.74 Å². The number of benzene rings is 1. The Balaban J connectivity index is 1.75. The average molecular weight is 275 g/mol. The van der Waals surface area contributed by atoms with Gasteiger partial charge in [0.15, 0.2) is 0 Å². The van der Waals surface area contributed by atoms with Gasteiger partial charge in [-0.05, 0) is 31.9 Å². The summed E-state index contributed by atoms with van der Waals surface area (Å²) in [7, 11) is 0. The van der Waals surface area contributed by atoms with E-state index in [0.717, 1.165) is 38.9 Å². The molecule has 0 aliphatic carbocycles. The summed E-state index contributed by atoms with van der Waals surface area (Å²) in [5, 5.41) is 0. The number of ether oxygens (including phenoxy) is 1. The summed E-state index contributed by atoms with van der Waals surface area (Å²) >= 11 is 0. The zero-order chi connectivity index (χ0) is 14.4. The lowest BCUT2D eigenvalue weighted by atomic mass is 10.1. The van der Waals surface area contributed by atoms with Gasteiger partial charge < -0.3 is 4.74 Å². The van der Waals surface area contributed by atoms with Gasteiger partial charge in [-0.15, -0.1) is 0 Å². The number of nitrogens with zero attached hydrogens (tertiary/aromatic N) is 1. The van der Waals surface area contributed by atoms with Crippen LogP contribution in [0.1, 0.15) is 53.3 Å². The second-order valence-electron chi connectivity index (χ2n) is 4.92. The van der Waals surface area contributed by atoms with Gasteiger partial charge in [0, 0.05) is 19.8 Å². The molecular formula is C16H21NO3. The average Bonchev–Trinajstić information content (AvgIpc) is 2.71. The first-order valence-corrected chi connectivity index (χ1v) is 7.28. The van der Waals surface area contributed by atoms with Crippen molar-refractivity contribution >= 4 is 11.8 Å². The van der Waals surface area contributed by atoms with Crippen molar-refractivity contribution in [3.63, 3.8) is 0 Å². The second-order valence-corrected chi connectivity index (χ2v) is 4.92. The van der Waals surface area contributed by atoms with E-state index in [1.165, 1.54) is 4.90 Å². The first-order valence-electron chi connectivity index (χ1n) is 7.28. The SMILES string of the molecule is CCOCCCCCCN1C(=O)c2ccccc2C1=O. The highest BCUT2D eigenvalue weighted by molar-refractivity contribution is 6.21. The Morgan fingerprint density at radius 2 is 1.55 bits per heavy atom. The summed E-state index contributed by atoms with van der Waals surface area (Å²) in [5.41, 5.74) is 1.07. The molecule has 2 amide bonds. The van der Waals surface area contributed by atoms with E-state index in [4.69, 9.17) is 4.74 Å². The van der Waals surface area contributed by atoms with Crippen LogP contribution in [0, 0.1) is 0 Å². The molecule has 0 saturated carbocycles. The Hall–Kier alpha value is -1.68. The molecule has 1 aromatic rings. The predicted molar refractivity (Wildman–Crippen MR) is 76.8 cm³/mol. The monoisotopic (exact) mass is 275 g/mol. The Bertz CT molecular complexity index is 449. The molecule has 0 bridgehead atoms. The van der Waals surface area contributed by atoms with E-state index < -0.39 is 0 Å². The molecule has 0 atom stereocenters. The molecule has 0 radical (unpaired) electrons. The number of unbranched alkanes of at least 4 members (excludes halogenated alkanes) is 3. The largest absolute Gasteiger partial charge is 0.382 e. The molecule has 4 nitrogen and oxygen atoms in total. The molecule has 1 aromatic carbocycles. The van der Waals surface area contributed by atoms with Crippen molar-refractivity contribution in [1.29, 1.82) is 0 Å². The second kappa shape index (κ2) is 7.20. The third-order valence-corrected chi connectivity index (χ3v) is 3.50. The van der Waals surface area contributed by atoms with Crippen LogP contribution in [0.2, 0.25) is 0 Å². The minimum atomic E-state index is -0.153. The number of hydrogen-bond donors (Lipinski definition) is 0. The van der Waals surface area contributed by atoms with Crippen LogP contribution >= 0.6 is 0 Å². The molecule has 1 aliphatic rings. The van der Waals surface area contributed by atoms with Gasteiger partial charge in [0.05, 0.1) is 11.1 Å². The van der Waals surface area contributed by atoms with Gasteiger partial charge in [0.25, 0.3) is 11.8 Å². The standard InChI is InChI=1S/C16H21NO3/c1-2-20-12-8-4-3-7-11-17-15(18)13-9-5-6-10-14(13)16(17)19/h5-6,9-10H,2-4,7-8,11-12H2,1H3. The summed E-state index contributed by atoms with van der Waals surface area (Å²) in [5.74, 6) is -0.306. The molecule has 0 saturated heterocycles. The molecule has 1 aliphatic heterocycles. The fraction of sp³-hybridized carbons (Fsp3) is 0.500. The van der Waals surface area contributed by atoms with Crippen LogP contribution in [0.4, 0.5) is 0 Å². The lowest BCUT2D eigenvalue weighted by Crippen LogP contribution is -2.30. The Morgan fingerprint density at radius 3 is 2.15 bits per heavy atom. The summed E-state index contributed by atoms with van der Waals surface area (Å²) in [6, 6.07) is 7.03. The van der Waals surface area contributed by atoms with Crippen LogP contribution < -0.4 is 0 Å². The van der Waals surface area contributed by atoms with E-state index in [9.17, 15) is 9.59 Å². The Morgan fingerprint density at radius 1 is 0.950 bits per heavy atom. The maximum Gasteiger partial charge on any atom is 0.261 e. The first kappa shape index (κ1) is 14.7. The summed E-state index contributed by atoms with van der Waals surface area (Å²) < 4.78 is 5.27. The fourth-order valence-electron chi connectivity index (χ4n) is 2.41. The Kier molecular flexibility index (Phi) is 5.30. The molecule has 1 heterocycles. The molecular weight excluding hydrogens is 254 g/mol. The number of imide groups is 1. The molecule has 0 unspecified atom stereocenters.